The van der Waals surface area contributed by atoms with Crippen LogP contribution >= 0.6 is 0 Å². The number of hydrogen-bond donors (Lipinski definition) is 2. The first-order valence-corrected chi connectivity index (χ1v) is 7.05. The van der Waals surface area contributed by atoms with Crippen molar-refractivity contribution in [3.05, 3.63) is 24.0 Å². The third kappa shape index (κ3) is 3.10. The number of aromatic nitrogens is 2. The maximum absolute atomic E-state index is 11.8. The fourth-order valence-corrected chi connectivity index (χ4v) is 2.32. The maximum Gasteiger partial charge on any atom is 0.221 e. The van der Waals surface area contributed by atoms with Gasteiger partial charge < -0.3 is 15.6 Å². The Morgan fingerprint density at radius 3 is 2.85 bits per heavy atom. The topological polar surface area (TPSA) is 72.9 Å². The summed E-state index contributed by atoms with van der Waals surface area (Å²) in [7, 11) is 0. The van der Waals surface area contributed by atoms with Crippen LogP contribution in [0.15, 0.2) is 18.2 Å². The third-order valence-corrected chi connectivity index (χ3v) is 3.18. The monoisotopic (exact) mass is 274 g/mol. The van der Waals surface area contributed by atoms with Crippen molar-refractivity contribution in [3.8, 4) is 0 Å². The molecule has 1 amide bonds. The number of nitrogens with two attached hydrogens (primary N) is 1. The van der Waals surface area contributed by atoms with E-state index in [9.17, 15) is 4.79 Å². The summed E-state index contributed by atoms with van der Waals surface area (Å²) in [4.78, 5) is 16.4. The first-order chi connectivity index (χ1) is 9.51. The van der Waals surface area contributed by atoms with E-state index in [1.165, 1.54) is 0 Å². The number of nitrogens with zero attached hydrogens (tertiary/aromatic N) is 2. The normalized spacial score (nSPS) is 11.2. The average molecular weight is 274 g/mol. The molecule has 1 heterocycles. The first-order valence-electron chi connectivity index (χ1n) is 7.05. The smallest absolute Gasteiger partial charge is 0.221 e. The largest absolute Gasteiger partial charge is 0.399 e. The molecule has 0 atom stereocenters. The number of aryl methyl sites for hydroxylation is 2. The summed E-state index contributed by atoms with van der Waals surface area (Å²) >= 11 is 0. The Bertz CT molecular complexity index is 616. The van der Waals surface area contributed by atoms with Gasteiger partial charge in [-0.25, -0.2) is 4.98 Å². The van der Waals surface area contributed by atoms with Crippen molar-refractivity contribution < 1.29 is 4.79 Å². The van der Waals surface area contributed by atoms with Gasteiger partial charge in [-0.2, -0.15) is 0 Å². The van der Waals surface area contributed by atoms with E-state index in [1.54, 1.807) is 0 Å². The van der Waals surface area contributed by atoms with Gasteiger partial charge in [0.2, 0.25) is 5.91 Å². The Hall–Kier alpha value is -2.04. The molecule has 0 aliphatic rings. The molecule has 20 heavy (non-hydrogen) atoms. The molecule has 0 unspecified atom stereocenters. The fraction of sp³-hybridized carbons (Fsp3) is 0.467. The van der Waals surface area contributed by atoms with Crippen molar-refractivity contribution >= 4 is 22.6 Å². The highest BCUT2D eigenvalue weighted by atomic mass is 16.1. The van der Waals surface area contributed by atoms with Crippen LogP contribution in [0.1, 0.15) is 33.0 Å². The fourth-order valence-electron chi connectivity index (χ4n) is 2.32. The van der Waals surface area contributed by atoms with Crippen molar-refractivity contribution in [2.24, 2.45) is 0 Å². The molecule has 0 fully saturated rings. The Kier molecular flexibility index (Phi) is 4.27. The molecular formula is C15H22N4O. The number of carbonyl (C=O) groups excluding carboxylic acids is 1. The molecular weight excluding hydrogens is 252 g/mol. The van der Waals surface area contributed by atoms with Crippen molar-refractivity contribution in [3.63, 3.8) is 0 Å². The number of amides is 1. The van der Waals surface area contributed by atoms with Gasteiger partial charge in [0.1, 0.15) is 5.82 Å². The Labute approximate surface area is 119 Å². The molecule has 0 aliphatic heterocycles. The number of anilines is 1. The lowest BCUT2D eigenvalue weighted by Gasteiger charge is -2.10. The molecule has 2 aromatic rings. The summed E-state index contributed by atoms with van der Waals surface area (Å²) in [6.07, 6.45) is 1.29. The van der Waals surface area contributed by atoms with Gasteiger partial charge in [0.05, 0.1) is 11.0 Å². The maximum atomic E-state index is 11.8. The quantitative estimate of drug-likeness (QED) is 0.820. The summed E-state index contributed by atoms with van der Waals surface area (Å²) in [6, 6.07) is 5.89. The molecule has 5 heteroatoms. The number of fused-ring (bicyclic) bond motifs is 1. The minimum absolute atomic E-state index is 0.0688. The van der Waals surface area contributed by atoms with Crippen LogP contribution in [0.5, 0.6) is 0 Å². The molecule has 0 saturated carbocycles. The second kappa shape index (κ2) is 5.94. The van der Waals surface area contributed by atoms with Gasteiger partial charge in [-0.1, -0.05) is 6.92 Å². The van der Waals surface area contributed by atoms with E-state index < -0.39 is 0 Å². The Morgan fingerprint density at radius 2 is 2.20 bits per heavy atom. The molecule has 0 saturated heterocycles. The average Bonchev–Trinajstić information content (AvgIpc) is 2.72. The van der Waals surface area contributed by atoms with Crippen molar-refractivity contribution in [1.29, 1.82) is 0 Å². The standard InChI is InChI=1S/C15H22N4O/c1-4-14-18-12-9-11(16)5-6-13(12)19(14)8-7-15(20)17-10(2)3/h5-6,9-10H,4,7-8,16H2,1-3H3,(H,17,20). The lowest BCUT2D eigenvalue weighted by Crippen LogP contribution is -2.30. The number of hydrogen-bond acceptors (Lipinski definition) is 3. The number of imidazole rings is 1. The van der Waals surface area contributed by atoms with Gasteiger partial charge >= 0.3 is 0 Å². The molecule has 0 spiro atoms. The number of nitrogens with one attached hydrogen (secondary N) is 1. The number of carbonyl (C=O) groups is 1. The van der Waals surface area contributed by atoms with E-state index in [2.05, 4.69) is 21.8 Å². The van der Waals surface area contributed by atoms with Gasteiger partial charge in [0.15, 0.2) is 0 Å². The van der Waals surface area contributed by atoms with E-state index in [4.69, 9.17) is 5.73 Å². The van der Waals surface area contributed by atoms with E-state index in [1.807, 2.05) is 32.0 Å². The van der Waals surface area contributed by atoms with E-state index in [-0.39, 0.29) is 11.9 Å². The number of rotatable bonds is 5. The SMILES string of the molecule is CCc1nc2cc(N)ccc2n1CCC(=O)NC(C)C. The second-order valence-electron chi connectivity index (χ2n) is 5.25. The van der Waals surface area contributed by atoms with Crippen LogP contribution < -0.4 is 11.1 Å². The van der Waals surface area contributed by atoms with Crippen LogP contribution in [0.4, 0.5) is 5.69 Å². The zero-order chi connectivity index (χ0) is 14.7. The van der Waals surface area contributed by atoms with Crippen LogP contribution in [0.3, 0.4) is 0 Å². The zero-order valence-electron chi connectivity index (χ0n) is 12.3. The summed E-state index contributed by atoms with van der Waals surface area (Å²) in [5, 5.41) is 2.91. The minimum atomic E-state index is 0.0688. The lowest BCUT2D eigenvalue weighted by atomic mass is 10.2. The molecule has 1 aromatic heterocycles. The minimum Gasteiger partial charge on any atom is -0.399 e. The van der Waals surface area contributed by atoms with Crippen LogP contribution in [-0.4, -0.2) is 21.5 Å². The first kappa shape index (κ1) is 14.4. The summed E-state index contributed by atoms with van der Waals surface area (Å²) in [5.41, 5.74) is 8.43. The lowest BCUT2D eigenvalue weighted by molar-refractivity contribution is -0.121. The molecule has 0 bridgehead atoms. The summed E-state index contributed by atoms with van der Waals surface area (Å²) in [6.45, 7) is 6.63. The molecule has 1 aromatic carbocycles. The van der Waals surface area contributed by atoms with Gasteiger partial charge in [-0.3, -0.25) is 4.79 Å². The molecule has 108 valence electrons. The predicted molar refractivity (Wildman–Crippen MR) is 81.4 cm³/mol. The Morgan fingerprint density at radius 1 is 1.45 bits per heavy atom. The molecule has 0 radical (unpaired) electrons. The van der Waals surface area contributed by atoms with Crippen LogP contribution in [0.2, 0.25) is 0 Å². The van der Waals surface area contributed by atoms with Gasteiger partial charge in [0, 0.05) is 31.1 Å². The van der Waals surface area contributed by atoms with Gasteiger partial charge in [-0.15, -0.1) is 0 Å². The molecule has 5 nitrogen and oxygen atoms in total. The molecule has 0 aliphatic carbocycles. The van der Waals surface area contributed by atoms with Gasteiger partial charge in [0.25, 0.3) is 0 Å². The highest BCUT2D eigenvalue weighted by Crippen LogP contribution is 2.19. The van der Waals surface area contributed by atoms with Crippen LogP contribution in [0.25, 0.3) is 11.0 Å². The van der Waals surface area contributed by atoms with Crippen LogP contribution in [-0.2, 0) is 17.8 Å². The van der Waals surface area contributed by atoms with Crippen LogP contribution in [0, 0.1) is 0 Å². The van der Waals surface area contributed by atoms with E-state index >= 15 is 0 Å². The molecule has 3 N–H and O–H groups in total. The van der Waals surface area contributed by atoms with Crippen molar-refractivity contribution in [2.45, 2.75) is 46.2 Å². The van der Waals surface area contributed by atoms with E-state index in [0.717, 1.165) is 23.3 Å². The zero-order valence-corrected chi connectivity index (χ0v) is 12.3. The highest BCUT2D eigenvalue weighted by Gasteiger charge is 2.11. The number of benzene rings is 1. The highest BCUT2D eigenvalue weighted by molar-refractivity contribution is 5.80. The Balaban J connectivity index is 2.22. The summed E-state index contributed by atoms with van der Waals surface area (Å²) in [5.74, 6) is 1.06. The predicted octanol–water partition coefficient (Wildman–Crippen LogP) is 2.10. The second-order valence-corrected chi connectivity index (χ2v) is 5.25. The number of nitrogen functional groups attached to an aromatic ring is 1. The van der Waals surface area contributed by atoms with Crippen molar-refractivity contribution in [2.75, 3.05) is 5.73 Å². The van der Waals surface area contributed by atoms with Crippen molar-refractivity contribution in [1.82, 2.24) is 14.9 Å². The van der Waals surface area contributed by atoms with Gasteiger partial charge in [-0.05, 0) is 32.0 Å². The summed E-state index contributed by atoms with van der Waals surface area (Å²) < 4.78 is 2.11. The molecule has 2 rings (SSSR count). The van der Waals surface area contributed by atoms with E-state index in [0.29, 0.717) is 18.7 Å². The third-order valence-electron chi connectivity index (χ3n) is 3.18.